The van der Waals surface area contributed by atoms with Crippen LogP contribution >= 0.6 is 34.9 Å². The summed E-state index contributed by atoms with van der Waals surface area (Å²) in [5.41, 5.74) is 12.5. The fourth-order valence-corrected chi connectivity index (χ4v) is 8.79. The highest BCUT2D eigenvalue weighted by molar-refractivity contribution is 8.00. The number of aliphatic carboxylic acids is 3. The Balaban J connectivity index is 0.000000248. The molecular formula is C32H34N8O13S3. The number of thiazole rings is 1. The van der Waals surface area contributed by atoms with Crippen molar-refractivity contribution in [3.05, 3.63) is 76.1 Å². The van der Waals surface area contributed by atoms with Gasteiger partial charge in [-0.3, -0.25) is 29.0 Å². The monoisotopic (exact) mass is 834 g/mol. The number of carbonyl (C=O) groups is 7. The number of fused-ring (bicyclic) bond motifs is 2. The number of rotatable bonds is 12. The fraction of sp³-hybridized carbons (Fsp3) is 0.281. The Bertz CT molecular complexity index is 2070. The largest absolute Gasteiger partial charge is 0.508 e. The molecule has 0 radical (unpaired) electrons. The van der Waals surface area contributed by atoms with Gasteiger partial charge in [0.15, 0.2) is 10.8 Å². The Morgan fingerprint density at radius 1 is 1.00 bits per heavy atom. The number of hydrogen-bond donors (Lipinski definition) is 8. The van der Waals surface area contributed by atoms with Gasteiger partial charge in [0.05, 0.1) is 0 Å². The maximum Gasteiger partial charge on any atom is 0.352 e. The van der Waals surface area contributed by atoms with Crippen LogP contribution in [0, 0.1) is 0 Å². The van der Waals surface area contributed by atoms with Gasteiger partial charge in [0.1, 0.15) is 51.7 Å². The van der Waals surface area contributed by atoms with Gasteiger partial charge in [-0.1, -0.05) is 29.9 Å². The fourth-order valence-electron chi connectivity index (χ4n) is 5.61. The number of hydrogen-bond acceptors (Lipinski definition) is 16. The lowest BCUT2D eigenvalue weighted by molar-refractivity contribution is -0.150. The number of aromatic hydroxyl groups is 1. The molecule has 24 heteroatoms. The smallest absolute Gasteiger partial charge is 0.352 e. The number of phenols is 1. The molecule has 6 rings (SSSR count). The van der Waals surface area contributed by atoms with Crippen LogP contribution in [0.3, 0.4) is 0 Å². The first-order valence-corrected chi connectivity index (χ1v) is 18.7. The van der Waals surface area contributed by atoms with Crippen molar-refractivity contribution in [1.82, 2.24) is 25.4 Å². The van der Waals surface area contributed by atoms with Crippen molar-refractivity contribution in [3.63, 3.8) is 0 Å². The van der Waals surface area contributed by atoms with Crippen LogP contribution in [0.15, 0.2) is 70.0 Å². The van der Waals surface area contributed by atoms with Crippen LogP contribution < -0.4 is 22.1 Å². The Morgan fingerprint density at radius 3 is 2.11 bits per heavy atom. The van der Waals surface area contributed by atoms with Gasteiger partial charge >= 0.3 is 17.9 Å². The molecule has 56 heavy (non-hydrogen) atoms. The van der Waals surface area contributed by atoms with E-state index in [-0.39, 0.29) is 39.2 Å². The van der Waals surface area contributed by atoms with E-state index in [4.69, 9.17) is 16.6 Å². The first-order chi connectivity index (χ1) is 26.0. The molecule has 5 heterocycles. The van der Waals surface area contributed by atoms with Gasteiger partial charge < -0.3 is 52.8 Å². The highest BCUT2D eigenvalue weighted by atomic mass is 32.2. The molecule has 2 saturated heterocycles. The normalized spacial score (nSPS) is 21.7. The number of phenolic OH excluding ortho intramolecular Hbond substituents is 1. The van der Waals surface area contributed by atoms with Crippen molar-refractivity contribution in [1.29, 1.82) is 0 Å². The minimum Gasteiger partial charge on any atom is -0.508 e. The van der Waals surface area contributed by atoms with Gasteiger partial charge in [0.2, 0.25) is 12.5 Å². The summed E-state index contributed by atoms with van der Waals surface area (Å²) in [7, 11) is 0. The van der Waals surface area contributed by atoms with Crippen molar-refractivity contribution in [2.45, 2.75) is 35.8 Å². The molecule has 0 saturated carbocycles. The summed E-state index contributed by atoms with van der Waals surface area (Å²) in [6.45, 7) is 4.45. The number of amides is 4. The van der Waals surface area contributed by atoms with Gasteiger partial charge in [-0.15, -0.1) is 34.9 Å². The second kappa shape index (κ2) is 17.7. The van der Waals surface area contributed by atoms with Crippen molar-refractivity contribution in [2.24, 2.45) is 10.9 Å². The average molecular weight is 835 g/mol. The summed E-state index contributed by atoms with van der Waals surface area (Å²) in [6.07, 6.45) is 1.38. The zero-order valence-electron chi connectivity index (χ0n) is 28.9. The lowest BCUT2D eigenvalue weighted by Gasteiger charge is -2.49. The van der Waals surface area contributed by atoms with E-state index in [0.717, 1.165) is 16.2 Å². The van der Waals surface area contributed by atoms with E-state index >= 15 is 0 Å². The zero-order chi connectivity index (χ0) is 40.3. The van der Waals surface area contributed by atoms with Crippen LogP contribution in [0.25, 0.3) is 0 Å². The number of aromatic nitrogens is 1. The number of nitrogens with two attached hydrogens (primary N) is 2. The molecule has 2 fully saturated rings. The number of β-lactam (4-membered cyclic amide) rings is 2. The number of allylic oxidation sites excluding steroid dienone is 1. The van der Waals surface area contributed by atoms with Crippen LogP contribution in [0.1, 0.15) is 24.2 Å². The summed E-state index contributed by atoms with van der Waals surface area (Å²) in [5.74, 6) is -5.33. The molecule has 5 atom stereocenters. The Hall–Kier alpha value is -5.95. The number of thioether (sulfide) groups is 2. The molecule has 21 nitrogen and oxygen atoms in total. The number of anilines is 1. The van der Waals surface area contributed by atoms with Crippen LogP contribution in [0.5, 0.6) is 5.75 Å². The Labute approximate surface area is 328 Å². The molecule has 0 aliphatic carbocycles. The number of carboxylic acids is 3. The maximum absolute atomic E-state index is 12.7. The van der Waals surface area contributed by atoms with E-state index in [0.29, 0.717) is 28.2 Å². The minimum absolute atomic E-state index is 0. The average Bonchev–Trinajstić information content (AvgIpc) is 3.58. The quantitative estimate of drug-likeness (QED) is 0.0706. The number of nitrogen functional groups attached to an aromatic ring is 1. The second-order valence-electron chi connectivity index (χ2n) is 11.8. The molecule has 4 aliphatic rings. The van der Waals surface area contributed by atoms with Gasteiger partial charge in [-0.2, -0.15) is 0 Å². The molecule has 0 bridgehead atoms. The lowest BCUT2D eigenvalue weighted by Crippen LogP contribution is -2.71. The Morgan fingerprint density at radius 2 is 1.57 bits per heavy atom. The number of carboxylic acid groups (broad SMARTS) is 3. The highest BCUT2D eigenvalue weighted by Crippen LogP contribution is 2.41. The van der Waals surface area contributed by atoms with Gasteiger partial charge in [-0.25, -0.2) is 19.4 Å². The molecule has 298 valence electrons. The summed E-state index contributed by atoms with van der Waals surface area (Å²) in [5, 5.41) is 45.8. The van der Waals surface area contributed by atoms with Crippen LogP contribution in [0.4, 0.5) is 5.13 Å². The molecular weight excluding hydrogens is 801 g/mol. The molecule has 4 amide bonds. The van der Waals surface area contributed by atoms with Crippen LogP contribution in [-0.4, -0.2) is 129 Å². The standard InChI is InChI=1S/C16H15N5O7S2.C16H17N3O5S.H2O/c1-2-6-4-29-14-10(13(25)21(14)11(6)15(26)27)19-12(24)9(20-28-3-8(22)23)7-5-30-16(17)18-7;1-7-6-25-15-11(14(22)19(15)12(7)16(23)24)18-13(21)10(17)8-2-4-9(20)5-3-8;/h2,5,10,14H,1,3-4H2,(H2,17,18)(H,19,24)(H,22,23)(H,26,27);2-5,10-11,15,20H,6,17H2,1H3,(H,18,21)(H,23,24);1H2/b20-9-;;/t10-,14-;10-,11-,15-;/m11./s1. The number of carbonyl (C=O) groups excluding carboxylic acids is 4. The van der Waals surface area contributed by atoms with E-state index in [9.17, 15) is 48.9 Å². The number of oxime groups is 1. The predicted octanol–water partition coefficient (Wildman–Crippen LogP) is -1.22. The molecule has 0 spiro atoms. The van der Waals surface area contributed by atoms with Crippen molar-refractivity contribution in [2.75, 3.05) is 23.8 Å². The van der Waals surface area contributed by atoms with Crippen LogP contribution in [0.2, 0.25) is 0 Å². The maximum atomic E-state index is 12.7. The van der Waals surface area contributed by atoms with Gasteiger partial charge in [0, 0.05) is 16.9 Å². The summed E-state index contributed by atoms with van der Waals surface area (Å²) in [6, 6.07) is 3.08. The van der Waals surface area contributed by atoms with E-state index < -0.39 is 77.0 Å². The first kappa shape index (κ1) is 42.8. The molecule has 0 unspecified atom stereocenters. The third kappa shape index (κ3) is 8.63. The molecule has 4 aliphatic heterocycles. The van der Waals surface area contributed by atoms with Crippen LogP contribution in [-0.2, 0) is 38.4 Å². The summed E-state index contributed by atoms with van der Waals surface area (Å²) < 4.78 is 0. The molecule has 12 N–H and O–H groups in total. The number of benzene rings is 1. The summed E-state index contributed by atoms with van der Waals surface area (Å²) >= 11 is 3.70. The topological polar surface area (TPSA) is 349 Å². The van der Waals surface area contributed by atoms with Gasteiger partial charge in [-0.05, 0) is 35.8 Å². The highest BCUT2D eigenvalue weighted by Gasteiger charge is 2.55. The Kier molecular flexibility index (Phi) is 13.5. The van der Waals surface area contributed by atoms with Crippen molar-refractivity contribution >= 4 is 87.2 Å². The van der Waals surface area contributed by atoms with Crippen molar-refractivity contribution < 1.29 is 64.3 Å². The third-order valence-corrected chi connectivity index (χ3v) is 11.7. The zero-order valence-corrected chi connectivity index (χ0v) is 31.4. The number of nitrogens with zero attached hydrogens (tertiary/aromatic N) is 4. The molecule has 2 aromatic rings. The minimum atomic E-state index is -1.30. The summed E-state index contributed by atoms with van der Waals surface area (Å²) in [4.78, 5) is 94.3. The lowest BCUT2D eigenvalue weighted by atomic mass is 10.0. The molecule has 1 aromatic heterocycles. The predicted molar refractivity (Wildman–Crippen MR) is 201 cm³/mol. The third-order valence-electron chi connectivity index (χ3n) is 8.25. The SMILES string of the molecule is C=CC1=C(C(=O)O)N2C(=O)[C@@H](NC(=O)/C(=N\OCC(=O)O)c3csc(N)n3)[C@H]2SC1.CC1=C(C(=O)O)N2C(=O)[C@@H](NC(=O)[C@H](N)c3ccc(O)cc3)[C@H]2SC1.O. The van der Waals surface area contributed by atoms with Crippen molar-refractivity contribution in [3.8, 4) is 5.75 Å². The first-order valence-electron chi connectivity index (χ1n) is 15.8. The van der Waals surface area contributed by atoms with E-state index in [1.54, 1.807) is 6.92 Å². The second-order valence-corrected chi connectivity index (χ2v) is 14.9. The van der Waals surface area contributed by atoms with E-state index in [1.165, 1.54) is 64.1 Å². The van der Waals surface area contributed by atoms with Gasteiger partial charge in [0.25, 0.3) is 17.7 Å². The van der Waals surface area contributed by atoms with E-state index in [2.05, 4.69) is 32.2 Å². The molecule has 1 aromatic carbocycles. The number of nitrogens with one attached hydrogen (secondary N) is 2. The van der Waals surface area contributed by atoms with E-state index in [1.807, 2.05) is 0 Å².